The summed E-state index contributed by atoms with van der Waals surface area (Å²) in [6, 6.07) is 25.5. The normalized spacial score (nSPS) is 10.5. The molecule has 5 nitrogen and oxygen atoms in total. The molecule has 5 heteroatoms. The molecule has 0 unspecified atom stereocenters. The Labute approximate surface area is 181 Å². The summed E-state index contributed by atoms with van der Waals surface area (Å²) in [5.41, 5.74) is 4.96. The molecule has 1 amide bonds. The van der Waals surface area contributed by atoms with Crippen LogP contribution in [-0.4, -0.2) is 22.4 Å². The SMILES string of the molecule is Cc1ccc(-c2cnc(Oc3ccc(C(=O)NCCc4ccccc4)cc3)nc2)cc1. The maximum absolute atomic E-state index is 12.3. The van der Waals surface area contributed by atoms with E-state index in [0.29, 0.717) is 17.9 Å². The third-order valence-corrected chi connectivity index (χ3v) is 4.88. The second-order valence-electron chi connectivity index (χ2n) is 7.24. The highest BCUT2D eigenvalue weighted by Gasteiger charge is 2.07. The Morgan fingerprint density at radius 1 is 0.839 bits per heavy atom. The fraction of sp³-hybridized carbons (Fsp3) is 0.115. The largest absolute Gasteiger partial charge is 0.424 e. The van der Waals surface area contributed by atoms with Crippen molar-refractivity contribution in [2.24, 2.45) is 0 Å². The van der Waals surface area contributed by atoms with Crippen molar-refractivity contribution in [1.29, 1.82) is 0 Å². The Kier molecular flexibility index (Phi) is 6.33. The monoisotopic (exact) mass is 409 g/mol. The van der Waals surface area contributed by atoms with Crippen LogP contribution in [0.2, 0.25) is 0 Å². The molecule has 0 spiro atoms. The summed E-state index contributed by atoms with van der Waals surface area (Å²) in [5.74, 6) is 0.463. The number of benzene rings is 3. The molecule has 4 rings (SSSR count). The summed E-state index contributed by atoms with van der Waals surface area (Å²) >= 11 is 0. The number of rotatable bonds is 7. The molecule has 0 saturated carbocycles. The molecule has 31 heavy (non-hydrogen) atoms. The van der Waals surface area contributed by atoms with E-state index in [1.165, 1.54) is 11.1 Å². The number of hydrogen-bond acceptors (Lipinski definition) is 4. The van der Waals surface area contributed by atoms with Crippen LogP contribution in [0.25, 0.3) is 11.1 Å². The Morgan fingerprint density at radius 3 is 2.19 bits per heavy atom. The fourth-order valence-electron chi connectivity index (χ4n) is 3.11. The van der Waals surface area contributed by atoms with Gasteiger partial charge in [0.2, 0.25) is 0 Å². The lowest BCUT2D eigenvalue weighted by molar-refractivity contribution is 0.0954. The van der Waals surface area contributed by atoms with Crippen molar-refractivity contribution < 1.29 is 9.53 Å². The number of carbonyl (C=O) groups is 1. The van der Waals surface area contributed by atoms with Gasteiger partial charge < -0.3 is 10.1 Å². The summed E-state index contributed by atoms with van der Waals surface area (Å²) in [5, 5.41) is 2.94. The number of ether oxygens (including phenoxy) is 1. The molecule has 154 valence electrons. The molecule has 0 aliphatic heterocycles. The van der Waals surface area contributed by atoms with Crippen molar-refractivity contribution in [1.82, 2.24) is 15.3 Å². The van der Waals surface area contributed by atoms with Gasteiger partial charge >= 0.3 is 6.01 Å². The summed E-state index contributed by atoms with van der Waals surface area (Å²) in [7, 11) is 0. The molecule has 0 aliphatic rings. The van der Waals surface area contributed by atoms with Crippen LogP contribution in [0, 0.1) is 6.92 Å². The molecular formula is C26H23N3O2. The van der Waals surface area contributed by atoms with Gasteiger partial charge in [-0.1, -0.05) is 60.2 Å². The van der Waals surface area contributed by atoms with Crippen LogP contribution >= 0.6 is 0 Å². The molecule has 0 aliphatic carbocycles. The highest BCUT2D eigenvalue weighted by Crippen LogP contribution is 2.22. The lowest BCUT2D eigenvalue weighted by Crippen LogP contribution is -2.25. The molecule has 1 heterocycles. The van der Waals surface area contributed by atoms with Gasteiger partial charge in [-0.3, -0.25) is 4.79 Å². The van der Waals surface area contributed by atoms with Crippen LogP contribution in [0.1, 0.15) is 21.5 Å². The number of carbonyl (C=O) groups excluding carboxylic acids is 1. The molecule has 1 aromatic heterocycles. The predicted molar refractivity (Wildman–Crippen MR) is 121 cm³/mol. The van der Waals surface area contributed by atoms with Gasteiger partial charge in [-0.15, -0.1) is 0 Å². The van der Waals surface area contributed by atoms with Crippen molar-refractivity contribution >= 4 is 5.91 Å². The van der Waals surface area contributed by atoms with Crippen LogP contribution < -0.4 is 10.1 Å². The number of aromatic nitrogens is 2. The van der Waals surface area contributed by atoms with E-state index in [2.05, 4.69) is 34.3 Å². The number of nitrogens with zero attached hydrogens (tertiary/aromatic N) is 2. The standard InChI is InChI=1S/C26H23N3O2/c1-19-7-9-21(10-8-19)23-17-28-26(29-18-23)31-24-13-11-22(12-14-24)25(30)27-16-15-20-5-3-2-4-6-20/h2-14,17-18H,15-16H2,1H3,(H,27,30). The van der Waals surface area contributed by atoms with Crippen molar-refractivity contribution in [3.8, 4) is 22.9 Å². The van der Waals surface area contributed by atoms with Crippen molar-refractivity contribution in [2.45, 2.75) is 13.3 Å². The first kappa shape index (κ1) is 20.3. The lowest BCUT2D eigenvalue weighted by Gasteiger charge is -2.07. The maximum atomic E-state index is 12.3. The summed E-state index contributed by atoms with van der Waals surface area (Å²) < 4.78 is 5.71. The zero-order valence-electron chi connectivity index (χ0n) is 17.3. The molecule has 1 N–H and O–H groups in total. The van der Waals surface area contributed by atoms with Gasteiger partial charge in [0.1, 0.15) is 5.75 Å². The van der Waals surface area contributed by atoms with E-state index in [-0.39, 0.29) is 11.9 Å². The lowest BCUT2D eigenvalue weighted by atomic mass is 10.1. The minimum absolute atomic E-state index is 0.110. The third kappa shape index (κ3) is 5.54. The van der Waals surface area contributed by atoms with E-state index in [9.17, 15) is 4.79 Å². The highest BCUT2D eigenvalue weighted by molar-refractivity contribution is 5.94. The highest BCUT2D eigenvalue weighted by atomic mass is 16.5. The minimum atomic E-state index is -0.110. The molecule has 0 radical (unpaired) electrons. The quantitative estimate of drug-likeness (QED) is 0.455. The Hall–Kier alpha value is -3.99. The smallest absolute Gasteiger partial charge is 0.321 e. The van der Waals surface area contributed by atoms with Crippen LogP contribution in [0.3, 0.4) is 0 Å². The van der Waals surface area contributed by atoms with Gasteiger partial charge in [0.25, 0.3) is 5.91 Å². The van der Waals surface area contributed by atoms with E-state index in [0.717, 1.165) is 17.5 Å². The number of hydrogen-bond donors (Lipinski definition) is 1. The van der Waals surface area contributed by atoms with Gasteiger partial charge in [-0.2, -0.15) is 0 Å². The number of amides is 1. The minimum Gasteiger partial charge on any atom is -0.424 e. The molecule has 0 saturated heterocycles. The predicted octanol–water partition coefficient (Wildman–Crippen LogP) is 5.22. The topological polar surface area (TPSA) is 64.1 Å². The van der Waals surface area contributed by atoms with Gasteiger partial charge in [-0.05, 0) is 48.7 Å². The van der Waals surface area contributed by atoms with E-state index < -0.39 is 0 Å². The Balaban J connectivity index is 1.31. The molecule has 4 aromatic rings. The van der Waals surface area contributed by atoms with Gasteiger partial charge in [0.05, 0.1) is 0 Å². The third-order valence-electron chi connectivity index (χ3n) is 4.88. The fourth-order valence-corrected chi connectivity index (χ4v) is 3.11. The van der Waals surface area contributed by atoms with E-state index in [1.807, 2.05) is 42.5 Å². The number of nitrogens with one attached hydrogen (secondary N) is 1. The van der Waals surface area contributed by atoms with Gasteiger partial charge in [-0.25, -0.2) is 9.97 Å². The second-order valence-corrected chi connectivity index (χ2v) is 7.24. The molecule has 3 aromatic carbocycles. The Bertz CT molecular complexity index is 1120. The Morgan fingerprint density at radius 2 is 1.52 bits per heavy atom. The van der Waals surface area contributed by atoms with E-state index in [4.69, 9.17) is 4.74 Å². The zero-order chi connectivity index (χ0) is 21.5. The first-order valence-electron chi connectivity index (χ1n) is 10.2. The van der Waals surface area contributed by atoms with Crippen LogP contribution in [-0.2, 0) is 6.42 Å². The second kappa shape index (κ2) is 9.67. The van der Waals surface area contributed by atoms with Crippen molar-refractivity contribution in [3.05, 3.63) is 108 Å². The average Bonchev–Trinajstić information content (AvgIpc) is 2.81. The van der Waals surface area contributed by atoms with E-state index >= 15 is 0 Å². The first-order chi connectivity index (χ1) is 15.2. The molecule has 0 fully saturated rings. The summed E-state index contributed by atoms with van der Waals surface area (Å²) in [6.07, 6.45) is 4.27. The molecule has 0 atom stereocenters. The number of aryl methyl sites for hydroxylation is 1. The van der Waals surface area contributed by atoms with Crippen LogP contribution in [0.5, 0.6) is 11.8 Å². The first-order valence-corrected chi connectivity index (χ1v) is 10.2. The average molecular weight is 409 g/mol. The summed E-state index contributed by atoms with van der Waals surface area (Å²) in [6.45, 7) is 2.64. The molecule has 0 bridgehead atoms. The van der Waals surface area contributed by atoms with E-state index in [1.54, 1.807) is 36.7 Å². The van der Waals surface area contributed by atoms with Gasteiger partial charge in [0.15, 0.2) is 0 Å². The van der Waals surface area contributed by atoms with Crippen molar-refractivity contribution in [2.75, 3.05) is 6.54 Å². The molecular weight excluding hydrogens is 386 g/mol. The van der Waals surface area contributed by atoms with Crippen molar-refractivity contribution in [3.63, 3.8) is 0 Å². The summed E-state index contributed by atoms with van der Waals surface area (Å²) in [4.78, 5) is 20.9. The van der Waals surface area contributed by atoms with Crippen LogP contribution in [0.15, 0.2) is 91.3 Å². The van der Waals surface area contributed by atoms with Crippen LogP contribution in [0.4, 0.5) is 0 Å². The zero-order valence-corrected chi connectivity index (χ0v) is 17.3. The maximum Gasteiger partial charge on any atom is 0.321 e. The van der Waals surface area contributed by atoms with Gasteiger partial charge in [0, 0.05) is 30.1 Å².